The van der Waals surface area contributed by atoms with E-state index in [1.807, 2.05) is 0 Å². The summed E-state index contributed by atoms with van der Waals surface area (Å²) >= 11 is 0. The van der Waals surface area contributed by atoms with Crippen LogP contribution in [0.1, 0.15) is 19.3 Å². The molecule has 116 valence electrons. The smallest absolute Gasteiger partial charge is 0.225 e. The van der Waals surface area contributed by atoms with Crippen molar-refractivity contribution in [2.75, 3.05) is 33.2 Å². The van der Waals surface area contributed by atoms with Gasteiger partial charge in [-0.15, -0.1) is 0 Å². The average Bonchev–Trinajstić information content (AvgIpc) is 2.98. The Morgan fingerprint density at radius 3 is 2.38 bits per heavy atom. The van der Waals surface area contributed by atoms with Crippen molar-refractivity contribution in [3.05, 3.63) is 12.1 Å². The van der Waals surface area contributed by atoms with E-state index in [2.05, 4.69) is 10.6 Å². The summed E-state index contributed by atoms with van der Waals surface area (Å²) in [5.74, 6) is 1.52. The molecule has 2 rings (SSSR count). The standard InChI is InChI=1S/C15H22N2O4/c1-19-12-7-11(8-13(20-2)15(12)21-3)17-14(18)9-10-5-4-6-16-10/h7-8,10,16H,4-6,9H2,1-3H3,(H,17,18). The van der Waals surface area contributed by atoms with Gasteiger partial charge in [0.15, 0.2) is 11.5 Å². The molecule has 0 radical (unpaired) electrons. The molecular weight excluding hydrogens is 272 g/mol. The normalized spacial score (nSPS) is 17.4. The number of benzene rings is 1. The maximum Gasteiger partial charge on any atom is 0.225 e. The largest absolute Gasteiger partial charge is 0.493 e. The Balaban J connectivity index is 2.09. The Morgan fingerprint density at radius 1 is 1.24 bits per heavy atom. The summed E-state index contributed by atoms with van der Waals surface area (Å²) in [4.78, 5) is 12.1. The molecule has 1 saturated heterocycles. The van der Waals surface area contributed by atoms with Crippen LogP contribution in [0.3, 0.4) is 0 Å². The van der Waals surface area contributed by atoms with Gasteiger partial charge in [-0.25, -0.2) is 0 Å². The fraction of sp³-hybridized carbons (Fsp3) is 0.533. The van der Waals surface area contributed by atoms with Crippen LogP contribution in [-0.4, -0.2) is 39.8 Å². The highest BCUT2D eigenvalue weighted by atomic mass is 16.5. The van der Waals surface area contributed by atoms with Crippen molar-refractivity contribution in [2.24, 2.45) is 0 Å². The van der Waals surface area contributed by atoms with Crippen LogP contribution in [-0.2, 0) is 4.79 Å². The molecule has 6 nitrogen and oxygen atoms in total. The fourth-order valence-electron chi connectivity index (χ4n) is 2.52. The molecule has 0 saturated carbocycles. The van der Waals surface area contributed by atoms with Crippen LogP contribution in [0, 0.1) is 0 Å². The summed E-state index contributed by atoms with van der Waals surface area (Å²) in [5, 5.41) is 6.18. The van der Waals surface area contributed by atoms with Gasteiger partial charge >= 0.3 is 0 Å². The van der Waals surface area contributed by atoms with Crippen LogP contribution in [0.4, 0.5) is 5.69 Å². The van der Waals surface area contributed by atoms with Crippen LogP contribution in [0.15, 0.2) is 12.1 Å². The molecule has 2 N–H and O–H groups in total. The number of hydrogen-bond donors (Lipinski definition) is 2. The van der Waals surface area contributed by atoms with Crippen molar-refractivity contribution in [3.63, 3.8) is 0 Å². The molecule has 1 atom stereocenters. The molecule has 21 heavy (non-hydrogen) atoms. The van der Waals surface area contributed by atoms with Crippen LogP contribution < -0.4 is 24.8 Å². The number of ether oxygens (including phenoxy) is 3. The zero-order chi connectivity index (χ0) is 15.2. The van der Waals surface area contributed by atoms with E-state index in [9.17, 15) is 4.79 Å². The van der Waals surface area contributed by atoms with Crippen LogP contribution in [0.5, 0.6) is 17.2 Å². The molecule has 0 spiro atoms. The molecule has 1 aromatic carbocycles. The van der Waals surface area contributed by atoms with Gasteiger partial charge in [-0.1, -0.05) is 0 Å². The van der Waals surface area contributed by atoms with E-state index < -0.39 is 0 Å². The van der Waals surface area contributed by atoms with E-state index in [0.717, 1.165) is 19.4 Å². The highest BCUT2D eigenvalue weighted by Gasteiger charge is 2.19. The lowest BCUT2D eigenvalue weighted by molar-refractivity contribution is -0.116. The minimum absolute atomic E-state index is 0.0244. The summed E-state index contributed by atoms with van der Waals surface area (Å²) in [6, 6.07) is 3.72. The molecule has 1 aromatic rings. The molecule has 0 aliphatic carbocycles. The van der Waals surface area contributed by atoms with Crippen molar-refractivity contribution in [1.29, 1.82) is 0 Å². The van der Waals surface area contributed by atoms with Crippen LogP contribution in [0.2, 0.25) is 0 Å². The fourth-order valence-corrected chi connectivity index (χ4v) is 2.52. The minimum atomic E-state index is -0.0244. The summed E-state index contributed by atoms with van der Waals surface area (Å²) < 4.78 is 15.8. The number of carbonyl (C=O) groups excluding carboxylic acids is 1. The molecule has 1 unspecified atom stereocenters. The molecule has 1 fully saturated rings. The van der Waals surface area contributed by atoms with Crippen molar-refractivity contribution < 1.29 is 19.0 Å². The average molecular weight is 294 g/mol. The quantitative estimate of drug-likeness (QED) is 0.837. The van der Waals surface area contributed by atoms with Gasteiger partial charge in [0.25, 0.3) is 0 Å². The third kappa shape index (κ3) is 3.78. The molecule has 1 amide bonds. The third-order valence-electron chi connectivity index (χ3n) is 3.54. The Hall–Kier alpha value is -1.95. The first kappa shape index (κ1) is 15.4. The lowest BCUT2D eigenvalue weighted by Crippen LogP contribution is -2.27. The lowest BCUT2D eigenvalue weighted by Gasteiger charge is -2.15. The highest BCUT2D eigenvalue weighted by molar-refractivity contribution is 5.92. The predicted octanol–water partition coefficient (Wildman–Crippen LogP) is 1.79. The Labute approximate surface area is 124 Å². The zero-order valence-electron chi connectivity index (χ0n) is 12.7. The van der Waals surface area contributed by atoms with E-state index in [4.69, 9.17) is 14.2 Å². The van der Waals surface area contributed by atoms with Crippen molar-refractivity contribution >= 4 is 11.6 Å². The van der Waals surface area contributed by atoms with Crippen molar-refractivity contribution in [3.8, 4) is 17.2 Å². The molecule has 1 heterocycles. The SMILES string of the molecule is COc1cc(NC(=O)CC2CCCN2)cc(OC)c1OC. The minimum Gasteiger partial charge on any atom is -0.493 e. The van der Waals surface area contributed by atoms with Gasteiger partial charge in [0.05, 0.1) is 21.3 Å². The number of methoxy groups -OCH3 is 3. The first-order chi connectivity index (χ1) is 10.2. The predicted molar refractivity (Wildman–Crippen MR) is 80.4 cm³/mol. The molecule has 0 aromatic heterocycles. The van der Waals surface area contributed by atoms with Gasteiger partial charge in [0, 0.05) is 30.3 Å². The Kier molecular flexibility index (Phi) is 5.27. The number of anilines is 1. The van der Waals surface area contributed by atoms with Crippen LogP contribution in [0.25, 0.3) is 0 Å². The van der Waals surface area contributed by atoms with E-state index in [-0.39, 0.29) is 11.9 Å². The maximum absolute atomic E-state index is 12.1. The first-order valence-corrected chi connectivity index (χ1v) is 7.01. The second kappa shape index (κ2) is 7.17. The summed E-state index contributed by atoms with van der Waals surface area (Å²) in [5.41, 5.74) is 0.632. The number of carbonyl (C=O) groups is 1. The molecular formula is C15H22N2O4. The molecule has 1 aliphatic rings. The summed E-state index contributed by atoms with van der Waals surface area (Å²) in [6.45, 7) is 0.988. The molecule has 0 bridgehead atoms. The van der Waals surface area contributed by atoms with Crippen molar-refractivity contribution in [1.82, 2.24) is 5.32 Å². The third-order valence-corrected chi connectivity index (χ3v) is 3.54. The molecule has 1 aliphatic heterocycles. The summed E-state index contributed by atoms with van der Waals surface area (Å²) in [7, 11) is 4.64. The number of hydrogen-bond acceptors (Lipinski definition) is 5. The monoisotopic (exact) mass is 294 g/mol. The van der Waals surface area contributed by atoms with Gasteiger partial charge in [-0.05, 0) is 19.4 Å². The van der Waals surface area contributed by atoms with Gasteiger partial charge in [-0.3, -0.25) is 4.79 Å². The first-order valence-electron chi connectivity index (χ1n) is 7.01. The Morgan fingerprint density at radius 2 is 1.90 bits per heavy atom. The second-order valence-corrected chi connectivity index (χ2v) is 4.96. The van der Waals surface area contributed by atoms with E-state index >= 15 is 0 Å². The lowest BCUT2D eigenvalue weighted by atomic mass is 10.1. The van der Waals surface area contributed by atoms with Crippen LogP contribution >= 0.6 is 0 Å². The number of rotatable bonds is 6. The maximum atomic E-state index is 12.1. The highest BCUT2D eigenvalue weighted by Crippen LogP contribution is 2.39. The van der Waals surface area contributed by atoms with E-state index in [1.165, 1.54) is 0 Å². The summed E-state index contributed by atoms with van der Waals surface area (Å²) in [6.07, 6.45) is 2.64. The van der Waals surface area contributed by atoms with Crippen molar-refractivity contribution in [2.45, 2.75) is 25.3 Å². The Bertz CT molecular complexity index is 473. The second-order valence-electron chi connectivity index (χ2n) is 4.96. The van der Waals surface area contributed by atoms with Gasteiger partial charge in [0.1, 0.15) is 0 Å². The zero-order valence-corrected chi connectivity index (χ0v) is 12.7. The molecule has 6 heteroatoms. The van der Waals surface area contributed by atoms with Gasteiger partial charge in [0.2, 0.25) is 11.7 Å². The number of amides is 1. The van der Waals surface area contributed by atoms with E-state index in [0.29, 0.717) is 29.4 Å². The van der Waals surface area contributed by atoms with Gasteiger partial charge < -0.3 is 24.8 Å². The van der Waals surface area contributed by atoms with Gasteiger partial charge in [-0.2, -0.15) is 0 Å². The number of nitrogens with one attached hydrogen (secondary N) is 2. The topological polar surface area (TPSA) is 68.8 Å². The van der Waals surface area contributed by atoms with E-state index in [1.54, 1.807) is 33.5 Å².